The fraction of sp³-hybridized carbons (Fsp3) is 0.571. The molecule has 2 rings (SSSR count). The third-order valence-electron chi connectivity index (χ3n) is 3.82. The predicted octanol–water partition coefficient (Wildman–Crippen LogP) is 2.83. The standard InChI is InChI=1S/C14H19ClFNO3S/c1-9-3-2-4-11(5-9)17-21(19,20)12-6-10(8-18)14(15)13(16)7-12/h6-7,9,11,17-18H,2-5,8H2,1H3. The maximum Gasteiger partial charge on any atom is 0.240 e. The Morgan fingerprint density at radius 1 is 1.43 bits per heavy atom. The van der Waals surface area contributed by atoms with Crippen molar-refractivity contribution in [3.05, 3.63) is 28.5 Å². The maximum atomic E-state index is 13.7. The van der Waals surface area contributed by atoms with Crippen molar-refractivity contribution in [3.63, 3.8) is 0 Å². The molecule has 0 spiro atoms. The SMILES string of the molecule is CC1CCCC(NS(=O)(=O)c2cc(F)c(Cl)c(CO)c2)C1. The highest BCUT2D eigenvalue weighted by molar-refractivity contribution is 7.89. The summed E-state index contributed by atoms with van der Waals surface area (Å²) in [6.45, 7) is 1.58. The molecule has 0 aromatic heterocycles. The Labute approximate surface area is 129 Å². The van der Waals surface area contributed by atoms with Gasteiger partial charge >= 0.3 is 0 Å². The van der Waals surface area contributed by atoms with E-state index in [-0.39, 0.29) is 21.5 Å². The van der Waals surface area contributed by atoms with Crippen molar-refractivity contribution >= 4 is 21.6 Å². The zero-order chi connectivity index (χ0) is 15.6. The van der Waals surface area contributed by atoms with Crippen LogP contribution in [0.2, 0.25) is 5.02 Å². The Kier molecular flexibility index (Phi) is 5.24. The minimum atomic E-state index is -3.81. The molecule has 2 N–H and O–H groups in total. The van der Waals surface area contributed by atoms with Gasteiger partial charge in [0.15, 0.2) is 0 Å². The lowest BCUT2D eigenvalue weighted by Crippen LogP contribution is -2.38. The van der Waals surface area contributed by atoms with Crippen molar-refractivity contribution in [2.45, 2.75) is 50.2 Å². The molecular weight excluding hydrogens is 317 g/mol. The summed E-state index contributed by atoms with van der Waals surface area (Å²) in [4.78, 5) is -0.202. The van der Waals surface area contributed by atoms with Crippen LogP contribution in [0, 0.1) is 11.7 Å². The highest BCUT2D eigenvalue weighted by Crippen LogP contribution is 2.27. The minimum Gasteiger partial charge on any atom is -0.392 e. The molecule has 0 saturated heterocycles. The number of sulfonamides is 1. The summed E-state index contributed by atoms with van der Waals surface area (Å²) in [5, 5.41) is 8.88. The van der Waals surface area contributed by atoms with E-state index in [2.05, 4.69) is 11.6 Å². The van der Waals surface area contributed by atoms with Crippen molar-refractivity contribution in [2.24, 2.45) is 5.92 Å². The van der Waals surface area contributed by atoms with Gasteiger partial charge in [-0.1, -0.05) is 31.4 Å². The third kappa shape index (κ3) is 3.94. The van der Waals surface area contributed by atoms with E-state index in [0.717, 1.165) is 31.7 Å². The van der Waals surface area contributed by atoms with Gasteiger partial charge in [0.1, 0.15) is 5.82 Å². The molecule has 1 aliphatic rings. The third-order valence-corrected chi connectivity index (χ3v) is 5.74. The second kappa shape index (κ2) is 6.60. The average Bonchev–Trinajstić information content (AvgIpc) is 2.41. The van der Waals surface area contributed by atoms with Gasteiger partial charge in [-0.3, -0.25) is 0 Å². The summed E-state index contributed by atoms with van der Waals surface area (Å²) in [5.74, 6) is -0.373. The zero-order valence-electron chi connectivity index (χ0n) is 11.8. The summed E-state index contributed by atoms with van der Waals surface area (Å²) in [6, 6.07) is 1.96. The first-order chi connectivity index (χ1) is 9.83. The molecule has 1 saturated carbocycles. The molecule has 1 aromatic carbocycles. The van der Waals surface area contributed by atoms with E-state index in [1.54, 1.807) is 0 Å². The first kappa shape index (κ1) is 16.7. The smallest absolute Gasteiger partial charge is 0.240 e. The molecule has 21 heavy (non-hydrogen) atoms. The zero-order valence-corrected chi connectivity index (χ0v) is 13.3. The van der Waals surface area contributed by atoms with Gasteiger partial charge < -0.3 is 5.11 Å². The molecule has 0 amide bonds. The first-order valence-corrected chi connectivity index (χ1v) is 8.80. The quantitative estimate of drug-likeness (QED) is 0.889. The van der Waals surface area contributed by atoms with E-state index >= 15 is 0 Å². The predicted molar refractivity (Wildman–Crippen MR) is 79.1 cm³/mol. The number of halogens is 2. The lowest BCUT2D eigenvalue weighted by Gasteiger charge is -2.27. The highest BCUT2D eigenvalue weighted by Gasteiger charge is 2.26. The number of aliphatic hydroxyl groups is 1. The van der Waals surface area contributed by atoms with E-state index in [1.807, 2.05) is 0 Å². The largest absolute Gasteiger partial charge is 0.392 e. The summed E-state index contributed by atoms with van der Waals surface area (Å²) in [7, 11) is -3.81. The molecule has 1 aromatic rings. The topological polar surface area (TPSA) is 66.4 Å². The number of hydrogen-bond donors (Lipinski definition) is 2. The number of benzene rings is 1. The van der Waals surface area contributed by atoms with Crippen molar-refractivity contribution < 1.29 is 17.9 Å². The number of nitrogens with one attached hydrogen (secondary N) is 1. The van der Waals surface area contributed by atoms with Crippen LogP contribution in [0.1, 0.15) is 38.2 Å². The van der Waals surface area contributed by atoms with Crippen molar-refractivity contribution in [1.82, 2.24) is 4.72 Å². The van der Waals surface area contributed by atoms with Gasteiger partial charge in [-0.2, -0.15) is 0 Å². The van der Waals surface area contributed by atoms with Crippen LogP contribution in [-0.4, -0.2) is 19.6 Å². The van der Waals surface area contributed by atoms with Crippen LogP contribution in [0.15, 0.2) is 17.0 Å². The van der Waals surface area contributed by atoms with Crippen molar-refractivity contribution in [2.75, 3.05) is 0 Å². The van der Waals surface area contributed by atoms with Gasteiger partial charge in [0.2, 0.25) is 10.0 Å². The number of hydrogen-bond acceptors (Lipinski definition) is 3. The summed E-state index contributed by atoms with van der Waals surface area (Å²) in [6.07, 6.45) is 3.64. The molecule has 0 heterocycles. The lowest BCUT2D eigenvalue weighted by molar-refractivity contribution is 0.281. The molecule has 0 aliphatic heterocycles. The van der Waals surface area contributed by atoms with E-state index in [0.29, 0.717) is 5.92 Å². The molecular formula is C14H19ClFNO3S. The lowest BCUT2D eigenvalue weighted by atomic mass is 9.88. The number of aliphatic hydroxyl groups excluding tert-OH is 1. The van der Waals surface area contributed by atoms with Crippen LogP contribution in [0.5, 0.6) is 0 Å². The monoisotopic (exact) mass is 335 g/mol. The molecule has 118 valence electrons. The molecule has 7 heteroatoms. The normalized spacial score (nSPS) is 23.2. The van der Waals surface area contributed by atoms with E-state index in [9.17, 15) is 12.8 Å². The summed E-state index contributed by atoms with van der Waals surface area (Å²) < 4.78 is 41.0. The Hall–Kier alpha value is -0.690. The van der Waals surface area contributed by atoms with Gasteiger partial charge in [0, 0.05) is 11.6 Å². The van der Waals surface area contributed by atoms with Crippen LogP contribution < -0.4 is 4.72 Å². The minimum absolute atomic E-state index is 0.0639. The van der Waals surface area contributed by atoms with Gasteiger partial charge in [-0.05, 0) is 30.9 Å². The fourth-order valence-electron chi connectivity index (χ4n) is 2.72. The Balaban J connectivity index is 2.25. The van der Waals surface area contributed by atoms with Gasteiger partial charge in [-0.15, -0.1) is 0 Å². The maximum absolute atomic E-state index is 13.7. The van der Waals surface area contributed by atoms with E-state index < -0.39 is 22.4 Å². The van der Waals surface area contributed by atoms with Crippen LogP contribution >= 0.6 is 11.6 Å². The van der Waals surface area contributed by atoms with Crippen LogP contribution in [-0.2, 0) is 16.6 Å². The summed E-state index contributed by atoms with van der Waals surface area (Å²) >= 11 is 5.68. The van der Waals surface area contributed by atoms with E-state index in [4.69, 9.17) is 16.7 Å². The number of rotatable bonds is 4. The van der Waals surface area contributed by atoms with Crippen LogP contribution in [0.3, 0.4) is 0 Å². The molecule has 2 unspecified atom stereocenters. The molecule has 0 bridgehead atoms. The van der Waals surface area contributed by atoms with Crippen molar-refractivity contribution in [3.8, 4) is 0 Å². The van der Waals surface area contributed by atoms with Crippen LogP contribution in [0.25, 0.3) is 0 Å². The van der Waals surface area contributed by atoms with Gasteiger partial charge in [0.05, 0.1) is 16.5 Å². The second-order valence-corrected chi connectivity index (χ2v) is 7.72. The Morgan fingerprint density at radius 3 is 2.76 bits per heavy atom. The molecule has 1 fully saturated rings. The van der Waals surface area contributed by atoms with Gasteiger partial charge in [-0.25, -0.2) is 17.5 Å². The average molecular weight is 336 g/mol. The molecule has 1 aliphatic carbocycles. The molecule has 2 atom stereocenters. The van der Waals surface area contributed by atoms with Crippen molar-refractivity contribution in [1.29, 1.82) is 0 Å². The highest BCUT2D eigenvalue weighted by atomic mass is 35.5. The Morgan fingerprint density at radius 2 is 2.14 bits per heavy atom. The second-order valence-electron chi connectivity index (χ2n) is 5.63. The van der Waals surface area contributed by atoms with E-state index in [1.165, 1.54) is 6.07 Å². The molecule has 4 nitrogen and oxygen atoms in total. The fourth-order valence-corrected chi connectivity index (χ4v) is 4.23. The van der Waals surface area contributed by atoms with Gasteiger partial charge in [0.25, 0.3) is 0 Å². The first-order valence-electron chi connectivity index (χ1n) is 6.94. The Bertz CT molecular complexity index is 621. The molecule has 0 radical (unpaired) electrons. The summed E-state index contributed by atoms with van der Waals surface area (Å²) in [5.41, 5.74) is 0.0639. The van der Waals surface area contributed by atoms with Crippen LogP contribution in [0.4, 0.5) is 4.39 Å².